The number of nitrogens with one attached hydrogen (secondary N) is 1. The molecule has 122 valence electrons. The zero-order chi connectivity index (χ0) is 17.3. The van der Waals surface area contributed by atoms with Crippen LogP contribution in [0.2, 0.25) is 5.02 Å². The molecule has 1 heterocycles. The Morgan fingerprint density at radius 2 is 1.83 bits per heavy atom. The van der Waals surface area contributed by atoms with E-state index in [4.69, 9.17) is 11.6 Å². The highest BCUT2D eigenvalue weighted by Crippen LogP contribution is 2.20. The minimum Gasteiger partial charge on any atom is -0.324 e. The molecule has 0 aliphatic carbocycles. The maximum absolute atomic E-state index is 12.4. The lowest BCUT2D eigenvalue weighted by Gasteiger charge is -2.13. The van der Waals surface area contributed by atoms with Crippen LogP contribution >= 0.6 is 11.6 Å². The summed E-state index contributed by atoms with van der Waals surface area (Å²) in [5.41, 5.74) is 3.03. The summed E-state index contributed by atoms with van der Waals surface area (Å²) < 4.78 is 1.49. The van der Waals surface area contributed by atoms with Crippen LogP contribution in [-0.2, 0) is 11.3 Å². The Balaban J connectivity index is 1.92. The lowest BCUT2D eigenvalue weighted by Crippen LogP contribution is -2.28. The third-order valence-corrected chi connectivity index (χ3v) is 4.23. The molecule has 0 unspecified atom stereocenters. The van der Waals surface area contributed by atoms with Crippen LogP contribution in [0.5, 0.6) is 0 Å². The van der Waals surface area contributed by atoms with E-state index >= 15 is 0 Å². The van der Waals surface area contributed by atoms with Crippen LogP contribution in [0.3, 0.4) is 0 Å². The Morgan fingerprint density at radius 3 is 2.58 bits per heavy atom. The van der Waals surface area contributed by atoms with Gasteiger partial charge in [-0.25, -0.2) is 0 Å². The van der Waals surface area contributed by atoms with Crippen LogP contribution in [0.1, 0.15) is 11.1 Å². The molecule has 4 nitrogen and oxygen atoms in total. The predicted molar refractivity (Wildman–Crippen MR) is 97.8 cm³/mol. The molecule has 1 amide bonds. The second kappa shape index (κ2) is 6.49. The molecule has 0 saturated heterocycles. The number of benzene rings is 2. The fourth-order valence-corrected chi connectivity index (χ4v) is 2.99. The van der Waals surface area contributed by atoms with Gasteiger partial charge in [0.25, 0.3) is 5.56 Å². The number of aromatic nitrogens is 1. The number of nitrogens with zero attached hydrogens (tertiary/aromatic N) is 1. The molecule has 1 aromatic heterocycles. The molecule has 2 aromatic carbocycles. The normalized spacial score (nSPS) is 10.8. The fraction of sp³-hybridized carbons (Fsp3) is 0.158. The van der Waals surface area contributed by atoms with Gasteiger partial charge in [0.1, 0.15) is 6.54 Å². The van der Waals surface area contributed by atoms with Crippen molar-refractivity contribution in [2.24, 2.45) is 0 Å². The first kappa shape index (κ1) is 16.3. The number of pyridine rings is 1. The SMILES string of the molecule is Cc1cc(Cl)ccc1NC(=O)Cn1c(=O)cc(C)c2ccccc21. The van der Waals surface area contributed by atoms with Gasteiger partial charge in [0, 0.05) is 22.2 Å². The van der Waals surface area contributed by atoms with E-state index in [2.05, 4.69) is 5.32 Å². The fourth-order valence-electron chi connectivity index (χ4n) is 2.77. The molecule has 0 radical (unpaired) electrons. The van der Waals surface area contributed by atoms with Crippen molar-refractivity contribution in [3.05, 3.63) is 75.0 Å². The van der Waals surface area contributed by atoms with Crippen molar-refractivity contribution >= 4 is 34.1 Å². The number of rotatable bonds is 3. The molecular formula is C19H17ClN2O2. The Hall–Kier alpha value is -2.59. The van der Waals surface area contributed by atoms with E-state index < -0.39 is 0 Å². The molecule has 0 saturated carbocycles. The van der Waals surface area contributed by atoms with Gasteiger partial charge < -0.3 is 5.32 Å². The highest BCUT2D eigenvalue weighted by atomic mass is 35.5. The van der Waals surface area contributed by atoms with Crippen LogP contribution in [0, 0.1) is 13.8 Å². The van der Waals surface area contributed by atoms with Gasteiger partial charge in [0.05, 0.1) is 5.52 Å². The molecule has 3 aromatic rings. The third-order valence-electron chi connectivity index (χ3n) is 3.99. The molecule has 0 bridgehead atoms. The molecule has 1 N–H and O–H groups in total. The molecule has 0 aliphatic rings. The monoisotopic (exact) mass is 340 g/mol. The molecule has 5 heteroatoms. The van der Waals surface area contributed by atoms with Gasteiger partial charge in [-0.05, 0) is 49.2 Å². The quantitative estimate of drug-likeness (QED) is 0.786. The average Bonchev–Trinajstić information content (AvgIpc) is 2.54. The minimum atomic E-state index is -0.253. The third kappa shape index (κ3) is 3.19. The molecular weight excluding hydrogens is 324 g/mol. The number of halogens is 1. The molecule has 3 rings (SSSR count). The number of aryl methyl sites for hydroxylation is 2. The van der Waals surface area contributed by atoms with E-state index in [0.29, 0.717) is 10.7 Å². The van der Waals surface area contributed by atoms with Gasteiger partial charge in [0.15, 0.2) is 0 Å². The van der Waals surface area contributed by atoms with E-state index in [9.17, 15) is 9.59 Å². The summed E-state index contributed by atoms with van der Waals surface area (Å²) in [7, 11) is 0. The Kier molecular flexibility index (Phi) is 4.40. The predicted octanol–water partition coefficient (Wildman–Crippen LogP) is 3.91. The first-order valence-corrected chi connectivity index (χ1v) is 7.98. The second-order valence-corrected chi connectivity index (χ2v) is 6.21. The number of fused-ring (bicyclic) bond motifs is 1. The molecule has 24 heavy (non-hydrogen) atoms. The van der Waals surface area contributed by atoms with Gasteiger partial charge in [-0.1, -0.05) is 29.8 Å². The number of carbonyl (C=O) groups excluding carboxylic acids is 1. The Morgan fingerprint density at radius 1 is 1.08 bits per heavy atom. The van der Waals surface area contributed by atoms with Crippen molar-refractivity contribution < 1.29 is 4.79 Å². The van der Waals surface area contributed by atoms with Gasteiger partial charge in [0.2, 0.25) is 5.91 Å². The summed E-state index contributed by atoms with van der Waals surface area (Å²) in [5.74, 6) is -0.253. The summed E-state index contributed by atoms with van der Waals surface area (Å²) in [6.45, 7) is 3.72. The van der Waals surface area contributed by atoms with Crippen LogP contribution in [0.15, 0.2) is 53.3 Å². The van der Waals surface area contributed by atoms with E-state index in [1.165, 1.54) is 4.57 Å². The van der Waals surface area contributed by atoms with E-state index in [-0.39, 0.29) is 18.0 Å². The standard InChI is InChI=1S/C19H17ClN2O2/c1-12-10-19(24)22(17-6-4-3-5-15(12)17)11-18(23)21-16-8-7-14(20)9-13(16)2/h3-10H,11H2,1-2H3,(H,21,23). The average molecular weight is 341 g/mol. The largest absolute Gasteiger partial charge is 0.324 e. The Labute approximate surface area is 144 Å². The number of hydrogen-bond acceptors (Lipinski definition) is 2. The number of anilines is 1. The van der Waals surface area contributed by atoms with Crippen molar-refractivity contribution in [3.8, 4) is 0 Å². The molecule has 0 atom stereocenters. The topological polar surface area (TPSA) is 51.1 Å². The Bertz CT molecular complexity index is 992. The maximum atomic E-state index is 12.4. The molecule has 0 aliphatic heterocycles. The van der Waals surface area contributed by atoms with Crippen molar-refractivity contribution in [1.29, 1.82) is 0 Å². The van der Waals surface area contributed by atoms with Crippen LogP contribution in [0.4, 0.5) is 5.69 Å². The lowest BCUT2D eigenvalue weighted by atomic mass is 10.1. The van der Waals surface area contributed by atoms with Gasteiger partial charge in [-0.3, -0.25) is 14.2 Å². The summed E-state index contributed by atoms with van der Waals surface area (Å²) >= 11 is 5.93. The smallest absolute Gasteiger partial charge is 0.251 e. The first-order chi connectivity index (χ1) is 11.5. The van der Waals surface area contributed by atoms with Gasteiger partial charge >= 0.3 is 0 Å². The lowest BCUT2D eigenvalue weighted by molar-refractivity contribution is -0.116. The molecule has 0 fully saturated rings. The second-order valence-electron chi connectivity index (χ2n) is 5.78. The number of para-hydroxylation sites is 1. The van der Waals surface area contributed by atoms with Crippen LogP contribution in [-0.4, -0.2) is 10.5 Å². The minimum absolute atomic E-state index is 0.0400. The summed E-state index contributed by atoms with van der Waals surface area (Å²) in [6, 6.07) is 14.4. The summed E-state index contributed by atoms with van der Waals surface area (Å²) in [4.78, 5) is 24.7. The number of carbonyl (C=O) groups is 1. The van der Waals surface area contributed by atoms with Gasteiger partial charge in [-0.15, -0.1) is 0 Å². The van der Waals surface area contributed by atoms with Crippen molar-refractivity contribution in [2.45, 2.75) is 20.4 Å². The highest BCUT2D eigenvalue weighted by molar-refractivity contribution is 6.30. The zero-order valence-corrected chi connectivity index (χ0v) is 14.2. The number of amides is 1. The van der Waals surface area contributed by atoms with Crippen LogP contribution in [0.25, 0.3) is 10.9 Å². The van der Waals surface area contributed by atoms with Crippen molar-refractivity contribution in [3.63, 3.8) is 0 Å². The zero-order valence-electron chi connectivity index (χ0n) is 13.5. The first-order valence-electron chi connectivity index (χ1n) is 7.61. The highest BCUT2D eigenvalue weighted by Gasteiger charge is 2.11. The maximum Gasteiger partial charge on any atom is 0.251 e. The van der Waals surface area contributed by atoms with E-state index in [0.717, 1.165) is 22.0 Å². The van der Waals surface area contributed by atoms with E-state index in [1.807, 2.05) is 38.1 Å². The van der Waals surface area contributed by atoms with Crippen LogP contribution < -0.4 is 10.9 Å². The summed E-state index contributed by atoms with van der Waals surface area (Å²) in [5, 5.41) is 4.42. The van der Waals surface area contributed by atoms with E-state index in [1.54, 1.807) is 24.3 Å². The van der Waals surface area contributed by atoms with Gasteiger partial charge in [-0.2, -0.15) is 0 Å². The van der Waals surface area contributed by atoms with Crippen molar-refractivity contribution in [1.82, 2.24) is 4.57 Å². The summed E-state index contributed by atoms with van der Waals surface area (Å²) in [6.07, 6.45) is 0. The molecule has 0 spiro atoms. The van der Waals surface area contributed by atoms with Crippen molar-refractivity contribution in [2.75, 3.05) is 5.32 Å². The number of hydrogen-bond donors (Lipinski definition) is 1.